The summed E-state index contributed by atoms with van der Waals surface area (Å²) in [6.07, 6.45) is 0. The molecule has 0 bridgehead atoms. The van der Waals surface area contributed by atoms with Crippen LogP contribution in [0.25, 0.3) is 0 Å². The summed E-state index contributed by atoms with van der Waals surface area (Å²) in [5, 5.41) is 9.68. The molecular weight excluding hydrogens is 206 g/mol. The lowest BCUT2D eigenvalue weighted by Gasteiger charge is -2.21. The van der Waals surface area contributed by atoms with Crippen molar-refractivity contribution in [1.82, 2.24) is 0 Å². The molecule has 0 aliphatic heterocycles. The SMILES string of the molecule is COC(=O)C(C)(O)c1cccc(F)c1F. The van der Waals surface area contributed by atoms with Gasteiger partial charge in [0.25, 0.3) is 0 Å². The van der Waals surface area contributed by atoms with Gasteiger partial charge in [-0.2, -0.15) is 0 Å². The second-order valence-electron chi connectivity index (χ2n) is 3.17. The monoisotopic (exact) mass is 216 g/mol. The smallest absolute Gasteiger partial charge is 0.342 e. The van der Waals surface area contributed by atoms with Gasteiger partial charge in [-0.15, -0.1) is 0 Å². The highest BCUT2D eigenvalue weighted by atomic mass is 19.2. The molecule has 0 saturated heterocycles. The summed E-state index contributed by atoms with van der Waals surface area (Å²) in [5.41, 5.74) is -2.64. The Hall–Kier alpha value is -1.49. The van der Waals surface area contributed by atoms with Crippen molar-refractivity contribution in [3.05, 3.63) is 35.4 Å². The van der Waals surface area contributed by atoms with Crippen LogP contribution in [0, 0.1) is 11.6 Å². The fourth-order valence-electron chi connectivity index (χ4n) is 1.19. The maximum absolute atomic E-state index is 13.3. The highest BCUT2D eigenvalue weighted by Crippen LogP contribution is 2.25. The van der Waals surface area contributed by atoms with Gasteiger partial charge in [0.2, 0.25) is 0 Å². The molecule has 0 saturated carbocycles. The molecule has 0 fully saturated rings. The van der Waals surface area contributed by atoms with Gasteiger partial charge < -0.3 is 9.84 Å². The molecule has 1 rings (SSSR count). The highest BCUT2D eigenvalue weighted by Gasteiger charge is 2.36. The van der Waals surface area contributed by atoms with Crippen molar-refractivity contribution in [2.24, 2.45) is 0 Å². The van der Waals surface area contributed by atoms with Crippen molar-refractivity contribution < 1.29 is 23.4 Å². The van der Waals surface area contributed by atoms with Gasteiger partial charge in [-0.1, -0.05) is 12.1 Å². The first kappa shape index (κ1) is 11.6. The van der Waals surface area contributed by atoms with Crippen molar-refractivity contribution in [2.45, 2.75) is 12.5 Å². The van der Waals surface area contributed by atoms with E-state index in [1.807, 2.05) is 0 Å². The normalized spacial score (nSPS) is 14.5. The molecule has 1 aromatic carbocycles. The Morgan fingerprint density at radius 3 is 2.60 bits per heavy atom. The molecule has 1 atom stereocenters. The van der Waals surface area contributed by atoms with Gasteiger partial charge in [-0.25, -0.2) is 13.6 Å². The molecular formula is C10H10F2O3. The Morgan fingerprint density at radius 2 is 2.07 bits per heavy atom. The number of benzene rings is 1. The van der Waals surface area contributed by atoms with Crippen LogP contribution in [-0.4, -0.2) is 18.2 Å². The van der Waals surface area contributed by atoms with Gasteiger partial charge in [0.05, 0.1) is 7.11 Å². The topological polar surface area (TPSA) is 46.5 Å². The lowest BCUT2D eigenvalue weighted by molar-refractivity contribution is -0.161. The predicted molar refractivity (Wildman–Crippen MR) is 47.9 cm³/mol. The second kappa shape index (κ2) is 3.94. The molecule has 0 heterocycles. The number of ether oxygens (including phenoxy) is 1. The Labute approximate surface area is 85.3 Å². The molecule has 0 radical (unpaired) electrons. The zero-order valence-electron chi connectivity index (χ0n) is 8.25. The van der Waals surface area contributed by atoms with Gasteiger partial charge >= 0.3 is 5.97 Å². The summed E-state index contributed by atoms with van der Waals surface area (Å²) in [4.78, 5) is 11.1. The summed E-state index contributed by atoms with van der Waals surface area (Å²) in [6, 6.07) is 3.21. The minimum absolute atomic E-state index is 0.450. The molecule has 0 spiro atoms. The Balaban J connectivity index is 3.27. The van der Waals surface area contributed by atoms with E-state index in [1.165, 1.54) is 6.07 Å². The van der Waals surface area contributed by atoms with E-state index < -0.39 is 28.8 Å². The van der Waals surface area contributed by atoms with Crippen molar-refractivity contribution in [2.75, 3.05) is 7.11 Å². The third kappa shape index (κ3) is 1.97. The van der Waals surface area contributed by atoms with E-state index in [-0.39, 0.29) is 0 Å². The third-order valence-electron chi connectivity index (χ3n) is 2.06. The van der Waals surface area contributed by atoms with Gasteiger partial charge in [0.15, 0.2) is 17.2 Å². The summed E-state index contributed by atoms with van der Waals surface area (Å²) >= 11 is 0. The molecule has 0 aliphatic carbocycles. The number of carbonyl (C=O) groups is 1. The largest absolute Gasteiger partial charge is 0.467 e. The summed E-state index contributed by atoms with van der Waals surface area (Å²) < 4.78 is 30.4. The molecule has 1 N–H and O–H groups in total. The zero-order chi connectivity index (χ0) is 11.6. The first-order valence-corrected chi connectivity index (χ1v) is 4.16. The molecule has 0 aliphatic rings. The van der Waals surface area contributed by atoms with Crippen LogP contribution < -0.4 is 0 Å². The van der Waals surface area contributed by atoms with Crippen LogP contribution in [0.3, 0.4) is 0 Å². The maximum Gasteiger partial charge on any atom is 0.342 e. The first-order valence-electron chi connectivity index (χ1n) is 4.16. The summed E-state index contributed by atoms with van der Waals surface area (Å²) in [7, 11) is 1.05. The van der Waals surface area contributed by atoms with Crippen LogP contribution in [-0.2, 0) is 15.1 Å². The van der Waals surface area contributed by atoms with Gasteiger partial charge in [0, 0.05) is 5.56 Å². The van der Waals surface area contributed by atoms with Crippen molar-refractivity contribution in [1.29, 1.82) is 0 Å². The molecule has 0 amide bonds. The van der Waals surface area contributed by atoms with E-state index in [1.54, 1.807) is 0 Å². The van der Waals surface area contributed by atoms with E-state index in [2.05, 4.69) is 4.74 Å². The van der Waals surface area contributed by atoms with E-state index in [0.29, 0.717) is 0 Å². The van der Waals surface area contributed by atoms with Crippen molar-refractivity contribution in [3.8, 4) is 0 Å². The number of carbonyl (C=O) groups excluding carboxylic acids is 1. The Kier molecular flexibility index (Phi) is 3.04. The molecule has 15 heavy (non-hydrogen) atoms. The standard InChI is InChI=1S/C10H10F2O3/c1-10(14,9(13)15-2)6-4-3-5-7(11)8(6)12/h3-5,14H,1-2H3. The number of hydrogen-bond donors (Lipinski definition) is 1. The van der Waals surface area contributed by atoms with E-state index in [4.69, 9.17) is 0 Å². The first-order chi connectivity index (χ1) is 6.91. The second-order valence-corrected chi connectivity index (χ2v) is 3.17. The third-order valence-corrected chi connectivity index (χ3v) is 2.06. The zero-order valence-corrected chi connectivity index (χ0v) is 8.25. The number of hydrogen-bond acceptors (Lipinski definition) is 3. The lowest BCUT2D eigenvalue weighted by atomic mass is 9.95. The number of rotatable bonds is 2. The Bertz CT molecular complexity index is 388. The van der Waals surface area contributed by atoms with E-state index in [0.717, 1.165) is 26.2 Å². The quantitative estimate of drug-likeness (QED) is 0.759. The van der Waals surface area contributed by atoms with Gasteiger partial charge in [0.1, 0.15) is 0 Å². The fraction of sp³-hybridized carbons (Fsp3) is 0.300. The van der Waals surface area contributed by atoms with E-state index in [9.17, 15) is 18.7 Å². The minimum atomic E-state index is -2.19. The van der Waals surface area contributed by atoms with E-state index >= 15 is 0 Å². The molecule has 1 aromatic rings. The average Bonchev–Trinajstić information content (AvgIpc) is 2.20. The molecule has 3 nitrogen and oxygen atoms in total. The van der Waals surface area contributed by atoms with Crippen molar-refractivity contribution in [3.63, 3.8) is 0 Å². The van der Waals surface area contributed by atoms with Crippen LogP contribution in [0.5, 0.6) is 0 Å². The number of esters is 1. The summed E-state index contributed by atoms with van der Waals surface area (Å²) in [6.45, 7) is 1.04. The van der Waals surface area contributed by atoms with Crippen LogP contribution >= 0.6 is 0 Å². The number of halogens is 2. The highest BCUT2D eigenvalue weighted by molar-refractivity contribution is 5.80. The molecule has 5 heteroatoms. The number of aliphatic hydroxyl groups is 1. The van der Waals surface area contributed by atoms with Gasteiger partial charge in [-0.3, -0.25) is 0 Å². The van der Waals surface area contributed by atoms with Crippen LogP contribution in [0.1, 0.15) is 12.5 Å². The lowest BCUT2D eigenvalue weighted by Crippen LogP contribution is -2.34. The minimum Gasteiger partial charge on any atom is -0.467 e. The van der Waals surface area contributed by atoms with Crippen LogP contribution in [0.15, 0.2) is 18.2 Å². The number of methoxy groups -OCH3 is 1. The van der Waals surface area contributed by atoms with Gasteiger partial charge in [-0.05, 0) is 13.0 Å². The predicted octanol–water partition coefficient (Wildman–Crippen LogP) is 1.35. The van der Waals surface area contributed by atoms with Crippen LogP contribution in [0.4, 0.5) is 8.78 Å². The fourth-order valence-corrected chi connectivity index (χ4v) is 1.19. The summed E-state index contributed by atoms with van der Waals surface area (Å²) in [5.74, 6) is -3.43. The van der Waals surface area contributed by atoms with Crippen LogP contribution in [0.2, 0.25) is 0 Å². The maximum atomic E-state index is 13.3. The Morgan fingerprint density at radius 1 is 1.47 bits per heavy atom. The average molecular weight is 216 g/mol. The molecule has 82 valence electrons. The molecule has 1 unspecified atom stereocenters. The van der Waals surface area contributed by atoms with Crippen molar-refractivity contribution >= 4 is 5.97 Å². The molecule has 0 aromatic heterocycles.